The van der Waals surface area contributed by atoms with Gasteiger partial charge in [0.05, 0.1) is 11.9 Å². The number of para-hydroxylation sites is 1. The third-order valence-corrected chi connectivity index (χ3v) is 4.64. The molecule has 0 bridgehead atoms. The van der Waals surface area contributed by atoms with Gasteiger partial charge in [0.2, 0.25) is 0 Å². The van der Waals surface area contributed by atoms with E-state index in [-0.39, 0.29) is 5.75 Å². The van der Waals surface area contributed by atoms with E-state index in [1.165, 1.54) is 5.56 Å². The van der Waals surface area contributed by atoms with Crippen LogP contribution >= 0.6 is 0 Å². The SMILES string of the molecule is Nc1nnc(-c2ccccc2O)cc1-n1cc(C2CCNCC2)cn1. The fourth-order valence-corrected chi connectivity index (χ4v) is 3.23. The lowest BCUT2D eigenvalue weighted by atomic mass is 9.93. The molecule has 128 valence electrons. The molecule has 4 rings (SSSR count). The fourth-order valence-electron chi connectivity index (χ4n) is 3.23. The van der Waals surface area contributed by atoms with Crippen molar-refractivity contribution in [2.24, 2.45) is 0 Å². The van der Waals surface area contributed by atoms with Gasteiger partial charge in [-0.05, 0) is 55.6 Å². The molecule has 0 saturated carbocycles. The topological polar surface area (TPSA) is 102 Å². The van der Waals surface area contributed by atoms with Gasteiger partial charge in [0.15, 0.2) is 5.82 Å². The highest BCUT2D eigenvalue weighted by molar-refractivity contribution is 5.70. The standard InChI is InChI=1S/C18H20N6O/c19-18-16(9-15(22-23-18)14-3-1-2-4-17(14)25)24-11-13(10-21-24)12-5-7-20-8-6-12/h1-4,9-12,20,25H,5-8H2,(H2,19,23). The fraction of sp³-hybridized carbons (Fsp3) is 0.278. The van der Waals surface area contributed by atoms with Crippen LogP contribution in [0.25, 0.3) is 16.9 Å². The third-order valence-electron chi connectivity index (χ3n) is 4.64. The summed E-state index contributed by atoms with van der Waals surface area (Å²) in [6.45, 7) is 2.07. The second-order valence-corrected chi connectivity index (χ2v) is 6.26. The summed E-state index contributed by atoms with van der Waals surface area (Å²) in [5, 5.41) is 26.0. The van der Waals surface area contributed by atoms with E-state index in [9.17, 15) is 5.11 Å². The van der Waals surface area contributed by atoms with Crippen molar-refractivity contribution in [2.75, 3.05) is 18.8 Å². The number of aromatic nitrogens is 4. The molecular formula is C18H20N6O. The number of nitrogen functional groups attached to an aromatic ring is 1. The predicted octanol–water partition coefficient (Wildman–Crippen LogP) is 2.08. The van der Waals surface area contributed by atoms with Crippen LogP contribution in [0.3, 0.4) is 0 Å². The maximum Gasteiger partial charge on any atom is 0.172 e. The Balaban J connectivity index is 1.70. The Bertz CT molecular complexity index is 885. The summed E-state index contributed by atoms with van der Waals surface area (Å²) in [5.74, 6) is 0.978. The van der Waals surface area contributed by atoms with Crippen LogP contribution in [-0.2, 0) is 0 Å². The minimum Gasteiger partial charge on any atom is -0.507 e. The van der Waals surface area contributed by atoms with E-state index in [4.69, 9.17) is 5.73 Å². The lowest BCUT2D eigenvalue weighted by molar-refractivity contribution is 0.460. The van der Waals surface area contributed by atoms with Crippen LogP contribution in [0.1, 0.15) is 24.3 Å². The molecule has 3 aromatic rings. The summed E-state index contributed by atoms with van der Waals surface area (Å²) in [6.07, 6.45) is 6.13. The minimum absolute atomic E-state index is 0.156. The van der Waals surface area contributed by atoms with Crippen LogP contribution < -0.4 is 11.1 Å². The molecule has 0 spiro atoms. The molecule has 1 aliphatic rings. The highest BCUT2D eigenvalue weighted by atomic mass is 16.3. The van der Waals surface area contributed by atoms with E-state index in [0.717, 1.165) is 25.9 Å². The van der Waals surface area contributed by atoms with Gasteiger partial charge in [0.25, 0.3) is 0 Å². The van der Waals surface area contributed by atoms with Gasteiger partial charge in [-0.3, -0.25) is 0 Å². The van der Waals surface area contributed by atoms with E-state index in [1.807, 2.05) is 18.5 Å². The first-order chi connectivity index (χ1) is 12.2. The monoisotopic (exact) mass is 336 g/mol. The van der Waals surface area contributed by atoms with Crippen LogP contribution in [0.2, 0.25) is 0 Å². The van der Waals surface area contributed by atoms with E-state index < -0.39 is 0 Å². The Labute approximate surface area is 145 Å². The van der Waals surface area contributed by atoms with Crippen molar-refractivity contribution in [1.29, 1.82) is 0 Å². The van der Waals surface area contributed by atoms with Gasteiger partial charge < -0.3 is 16.2 Å². The number of hydrogen-bond acceptors (Lipinski definition) is 6. The number of piperidine rings is 1. The third kappa shape index (κ3) is 3.06. The highest BCUT2D eigenvalue weighted by Gasteiger charge is 2.18. The lowest BCUT2D eigenvalue weighted by Crippen LogP contribution is -2.26. The molecule has 2 aromatic heterocycles. The quantitative estimate of drug-likeness (QED) is 0.677. The van der Waals surface area contributed by atoms with Crippen LogP contribution in [0, 0.1) is 0 Å². The van der Waals surface area contributed by atoms with Crippen molar-refractivity contribution in [3.8, 4) is 22.7 Å². The van der Waals surface area contributed by atoms with Gasteiger partial charge in [-0.25, -0.2) is 4.68 Å². The minimum atomic E-state index is 0.156. The molecule has 4 N–H and O–H groups in total. The maximum absolute atomic E-state index is 10.0. The molecule has 1 saturated heterocycles. The number of nitrogens with zero attached hydrogens (tertiary/aromatic N) is 4. The number of anilines is 1. The van der Waals surface area contributed by atoms with E-state index in [1.54, 1.807) is 28.9 Å². The number of phenolic OH excluding ortho intramolecular Hbond substituents is 1. The zero-order chi connectivity index (χ0) is 17.2. The molecule has 1 aliphatic heterocycles. The van der Waals surface area contributed by atoms with Crippen LogP contribution in [-0.4, -0.2) is 38.2 Å². The van der Waals surface area contributed by atoms with Crippen molar-refractivity contribution < 1.29 is 5.11 Å². The number of rotatable bonds is 3. The molecule has 1 aromatic carbocycles. The summed E-state index contributed by atoms with van der Waals surface area (Å²) in [7, 11) is 0. The van der Waals surface area contributed by atoms with Crippen LogP contribution in [0.15, 0.2) is 42.7 Å². The van der Waals surface area contributed by atoms with Crippen LogP contribution in [0.5, 0.6) is 5.75 Å². The number of hydrogen-bond donors (Lipinski definition) is 3. The summed E-state index contributed by atoms with van der Waals surface area (Å²) < 4.78 is 1.74. The summed E-state index contributed by atoms with van der Waals surface area (Å²) in [5.41, 5.74) is 9.06. The zero-order valence-electron chi connectivity index (χ0n) is 13.8. The zero-order valence-corrected chi connectivity index (χ0v) is 13.8. The largest absolute Gasteiger partial charge is 0.507 e. The van der Waals surface area contributed by atoms with Gasteiger partial charge in [0, 0.05) is 11.8 Å². The summed E-state index contributed by atoms with van der Waals surface area (Å²) in [6, 6.07) is 8.83. The second kappa shape index (κ2) is 6.52. The van der Waals surface area contributed by atoms with Gasteiger partial charge >= 0.3 is 0 Å². The molecule has 1 fully saturated rings. The summed E-state index contributed by atoms with van der Waals surface area (Å²) >= 11 is 0. The average molecular weight is 336 g/mol. The van der Waals surface area contributed by atoms with Crippen molar-refractivity contribution in [1.82, 2.24) is 25.3 Å². The Kier molecular flexibility index (Phi) is 4.07. The molecule has 0 atom stereocenters. The van der Waals surface area contributed by atoms with Gasteiger partial charge in [-0.1, -0.05) is 12.1 Å². The number of phenols is 1. The normalized spacial score (nSPS) is 15.4. The van der Waals surface area contributed by atoms with Crippen molar-refractivity contribution >= 4 is 5.82 Å². The lowest BCUT2D eigenvalue weighted by Gasteiger charge is -2.21. The maximum atomic E-state index is 10.0. The van der Waals surface area contributed by atoms with Gasteiger partial charge in [0.1, 0.15) is 11.4 Å². The Morgan fingerprint density at radius 1 is 1.16 bits per heavy atom. The highest BCUT2D eigenvalue weighted by Crippen LogP contribution is 2.30. The van der Waals surface area contributed by atoms with E-state index in [0.29, 0.717) is 28.7 Å². The first-order valence-corrected chi connectivity index (χ1v) is 8.39. The Hall–Kier alpha value is -2.93. The molecule has 0 aliphatic carbocycles. The van der Waals surface area contributed by atoms with Crippen molar-refractivity contribution in [2.45, 2.75) is 18.8 Å². The smallest absolute Gasteiger partial charge is 0.172 e. The molecule has 0 unspecified atom stereocenters. The van der Waals surface area contributed by atoms with E-state index in [2.05, 4.69) is 20.6 Å². The first-order valence-electron chi connectivity index (χ1n) is 8.39. The Morgan fingerprint density at radius 3 is 2.76 bits per heavy atom. The first kappa shape index (κ1) is 15.6. The number of nitrogens with two attached hydrogens (primary N) is 1. The molecule has 7 heteroatoms. The predicted molar refractivity (Wildman–Crippen MR) is 95.5 cm³/mol. The van der Waals surface area contributed by atoms with Gasteiger partial charge in [-0.2, -0.15) is 5.10 Å². The van der Waals surface area contributed by atoms with Crippen molar-refractivity contribution in [3.63, 3.8) is 0 Å². The molecule has 3 heterocycles. The van der Waals surface area contributed by atoms with Crippen LogP contribution in [0.4, 0.5) is 5.82 Å². The number of benzene rings is 1. The number of nitrogens with one attached hydrogen (secondary N) is 1. The number of aromatic hydroxyl groups is 1. The molecule has 0 amide bonds. The molecular weight excluding hydrogens is 316 g/mol. The average Bonchev–Trinajstić information content (AvgIpc) is 3.13. The van der Waals surface area contributed by atoms with Crippen molar-refractivity contribution in [3.05, 3.63) is 48.3 Å². The molecule has 7 nitrogen and oxygen atoms in total. The molecule has 25 heavy (non-hydrogen) atoms. The summed E-state index contributed by atoms with van der Waals surface area (Å²) in [4.78, 5) is 0. The molecule has 0 radical (unpaired) electrons. The second-order valence-electron chi connectivity index (χ2n) is 6.26. The van der Waals surface area contributed by atoms with E-state index >= 15 is 0 Å². The van der Waals surface area contributed by atoms with Gasteiger partial charge in [-0.15, -0.1) is 10.2 Å². The Morgan fingerprint density at radius 2 is 1.96 bits per heavy atom.